The topological polar surface area (TPSA) is 9.23 Å². The first-order chi connectivity index (χ1) is 7.79. The van der Waals surface area contributed by atoms with Gasteiger partial charge in [0.15, 0.2) is 0 Å². The second-order valence-corrected chi connectivity index (χ2v) is 4.38. The zero-order valence-corrected chi connectivity index (χ0v) is 9.61. The van der Waals surface area contributed by atoms with Crippen LogP contribution in [0.5, 0.6) is 5.75 Å². The summed E-state index contributed by atoms with van der Waals surface area (Å²) in [6.07, 6.45) is 7.77. The van der Waals surface area contributed by atoms with Gasteiger partial charge in [-0.2, -0.15) is 0 Å². The van der Waals surface area contributed by atoms with E-state index in [2.05, 4.69) is 31.4 Å². The van der Waals surface area contributed by atoms with Crippen molar-refractivity contribution in [2.75, 3.05) is 0 Å². The third kappa shape index (κ3) is 2.04. The van der Waals surface area contributed by atoms with Crippen molar-refractivity contribution in [2.24, 2.45) is 0 Å². The van der Waals surface area contributed by atoms with E-state index in [0.29, 0.717) is 0 Å². The van der Waals surface area contributed by atoms with Crippen LogP contribution >= 0.6 is 0 Å². The Morgan fingerprint density at radius 3 is 2.56 bits per heavy atom. The summed E-state index contributed by atoms with van der Waals surface area (Å²) in [7, 11) is 0. The summed E-state index contributed by atoms with van der Waals surface area (Å²) in [4.78, 5) is 0. The number of aryl methyl sites for hydroxylation is 1. The minimum absolute atomic E-state index is 0.113. The predicted octanol–water partition coefficient (Wildman–Crippen LogP) is 3.90. The van der Waals surface area contributed by atoms with Crippen LogP contribution in [-0.2, 0) is 6.42 Å². The Kier molecular flexibility index (Phi) is 3.14. The number of fused-ring (bicyclic) bond motifs is 1. The Morgan fingerprint density at radius 2 is 1.88 bits per heavy atom. The molecule has 0 fully saturated rings. The highest BCUT2D eigenvalue weighted by atomic mass is 16.5. The molecule has 0 amide bonds. The van der Waals surface area contributed by atoms with E-state index in [-0.39, 0.29) is 5.60 Å². The Morgan fingerprint density at radius 1 is 1.19 bits per heavy atom. The van der Waals surface area contributed by atoms with Crippen molar-refractivity contribution >= 4 is 0 Å². The molecule has 0 atom stereocenters. The lowest BCUT2D eigenvalue weighted by atomic mass is 9.85. The van der Waals surface area contributed by atoms with E-state index in [1.54, 1.807) is 0 Å². The van der Waals surface area contributed by atoms with Crippen molar-refractivity contribution in [3.8, 4) is 5.75 Å². The van der Waals surface area contributed by atoms with Gasteiger partial charge in [0.1, 0.15) is 11.4 Å². The molecule has 0 bridgehead atoms. The highest BCUT2D eigenvalue weighted by molar-refractivity contribution is 5.36. The molecule has 1 heterocycles. The zero-order chi connectivity index (χ0) is 11.4. The Labute approximate surface area is 97.4 Å². The maximum absolute atomic E-state index is 6.16. The largest absolute Gasteiger partial charge is 0.486 e. The summed E-state index contributed by atoms with van der Waals surface area (Å²) >= 11 is 0. The van der Waals surface area contributed by atoms with Crippen molar-refractivity contribution in [3.63, 3.8) is 0 Å². The first-order valence-electron chi connectivity index (χ1n) is 5.78. The molecule has 0 N–H and O–H groups in total. The van der Waals surface area contributed by atoms with Crippen molar-refractivity contribution in [1.82, 2.24) is 0 Å². The van der Waals surface area contributed by atoms with Crippen LogP contribution in [0.2, 0.25) is 0 Å². The summed E-state index contributed by atoms with van der Waals surface area (Å²) in [5, 5.41) is 0. The van der Waals surface area contributed by atoms with Crippen LogP contribution in [0.25, 0.3) is 0 Å². The quantitative estimate of drug-likeness (QED) is 0.691. The molecule has 0 spiro atoms. The van der Waals surface area contributed by atoms with Gasteiger partial charge in [0.2, 0.25) is 0 Å². The van der Waals surface area contributed by atoms with E-state index in [9.17, 15) is 0 Å². The van der Waals surface area contributed by atoms with Gasteiger partial charge in [-0.05, 0) is 24.5 Å². The number of benzene rings is 1. The predicted molar refractivity (Wildman–Crippen MR) is 67.8 cm³/mol. The van der Waals surface area contributed by atoms with E-state index in [0.717, 1.165) is 31.4 Å². The standard InChI is InChI=1S/C15H18O/c1-3-10-15(11-4-2)12-9-13-7-5-6-8-14(13)16-15/h3-8H,1-2,9-12H2. The third-order valence-corrected chi connectivity index (χ3v) is 3.18. The van der Waals surface area contributed by atoms with Gasteiger partial charge in [-0.15, -0.1) is 13.2 Å². The second-order valence-electron chi connectivity index (χ2n) is 4.38. The van der Waals surface area contributed by atoms with Gasteiger partial charge in [-0.3, -0.25) is 0 Å². The Bertz CT molecular complexity index is 382. The zero-order valence-electron chi connectivity index (χ0n) is 9.61. The molecule has 1 nitrogen and oxygen atoms in total. The lowest BCUT2D eigenvalue weighted by Crippen LogP contribution is -2.38. The van der Waals surface area contributed by atoms with Crippen molar-refractivity contribution in [3.05, 3.63) is 55.1 Å². The maximum Gasteiger partial charge on any atom is 0.123 e. The SMILES string of the molecule is C=CCC1(CC=C)CCc2ccccc2O1. The summed E-state index contributed by atoms with van der Waals surface area (Å²) in [6.45, 7) is 7.65. The fourth-order valence-corrected chi connectivity index (χ4v) is 2.35. The van der Waals surface area contributed by atoms with Crippen LogP contribution in [0.4, 0.5) is 0 Å². The van der Waals surface area contributed by atoms with Crippen molar-refractivity contribution < 1.29 is 4.74 Å². The van der Waals surface area contributed by atoms with E-state index >= 15 is 0 Å². The van der Waals surface area contributed by atoms with Gasteiger partial charge >= 0.3 is 0 Å². The molecule has 1 heteroatoms. The maximum atomic E-state index is 6.16. The summed E-state index contributed by atoms with van der Waals surface area (Å²) in [5.41, 5.74) is 1.20. The molecule has 1 aromatic carbocycles. The first kappa shape index (κ1) is 11.0. The Hall–Kier alpha value is -1.50. The van der Waals surface area contributed by atoms with E-state index in [1.165, 1.54) is 5.56 Å². The fraction of sp³-hybridized carbons (Fsp3) is 0.333. The molecule has 2 rings (SSSR count). The van der Waals surface area contributed by atoms with Crippen LogP contribution < -0.4 is 4.74 Å². The van der Waals surface area contributed by atoms with Gasteiger partial charge in [0.25, 0.3) is 0 Å². The molecular weight excluding hydrogens is 196 g/mol. The summed E-state index contributed by atoms with van der Waals surface area (Å²) in [6, 6.07) is 8.28. The van der Waals surface area contributed by atoms with Crippen LogP contribution in [0.3, 0.4) is 0 Å². The molecule has 1 aliphatic rings. The van der Waals surface area contributed by atoms with E-state index in [4.69, 9.17) is 4.74 Å². The van der Waals surface area contributed by atoms with Gasteiger partial charge in [-0.1, -0.05) is 30.4 Å². The molecule has 16 heavy (non-hydrogen) atoms. The van der Waals surface area contributed by atoms with Gasteiger partial charge in [-0.25, -0.2) is 0 Å². The van der Waals surface area contributed by atoms with Crippen molar-refractivity contribution in [1.29, 1.82) is 0 Å². The number of hydrogen-bond acceptors (Lipinski definition) is 1. The van der Waals surface area contributed by atoms with E-state index < -0.39 is 0 Å². The average Bonchev–Trinajstić information content (AvgIpc) is 2.30. The highest BCUT2D eigenvalue weighted by Crippen LogP contribution is 2.37. The van der Waals surface area contributed by atoms with Gasteiger partial charge < -0.3 is 4.74 Å². The lowest BCUT2D eigenvalue weighted by molar-refractivity contribution is 0.0519. The Balaban J connectivity index is 2.26. The van der Waals surface area contributed by atoms with Crippen LogP contribution in [0.15, 0.2) is 49.6 Å². The fourth-order valence-electron chi connectivity index (χ4n) is 2.35. The summed E-state index contributed by atoms with van der Waals surface area (Å²) in [5.74, 6) is 1.03. The van der Waals surface area contributed by atoms with E-state index in [1.807, 2.05) is 18.2 Å². The average molecular weight is 214 g/mol. The molecule has 0 saturated heterocycles. The molecule has 0 unspecified atom stereocenters. The molecule has 1 aliphatic heterocycles. The minimum Gasteiger partial charge on any atom is -0.486 e. The summed E-state index contributed by atoms with van der Waals surface area (Å²) < 4.78 is 6.16. The monoisotopic (exact) mass is 214 g/mol. The van der Waals surface area contributed by atoms with Gasteiger partial charge in [0, 0.05) is 12.8 Å². The molecule has 0 radical (unpaired) electrons. The van der Waals surface area contributed by atoms with Gasteiger partial charge in [0.05, 0.1) is 0 Å². The van der Waals surface area contributed by atoms with Crippen LogP contribution in [0.1, 0.15) is 24.8 Å². The van der Waals surface area contributed by atoms with Crippen molar-refractivity contribution in [2.45, 2.75) is 31.3 Å². The normalized spacial score (nSPS) is 17.0. The lowest BCUT2D eigenvalue weighted by Gasteiger charge is -2.37. The molecular formula is C15H18O. The highest BCUT2D eigenvalue weighted by Gasteiger charge is 2.33. The molecule has 0 aliphatic carbocycles. The smallest absolute Gasteiger partial charge is 0.123 e. The third-order valence-electron chi connectivity index (χ3n) is 3.18. The second kappa shape index (κ2) is 4.56. The van der Waals surface area contributed by atoms with Crippen LogP contribution in [0, 0.1) is 0 Å². The number of rotatable bonds is 4. The molecule has 1 aromatic rings. The number of hydrogen-bond donors (Lipinski definition) is 0. The molecule has 0 aromatic heterocycles. The first-order valence-corrected chi connectivity index (χ1v) is 5.78. The van der Waals surface area contributed by atoms with Crippen LogP contribution in [-0.4, -0.2) is 5.60 Å². The minimum atomic E-state index is -0.113. The number of para-hydroxylation sites is 1. The molecule has 0 saturated carbocycles. The number of ether oxygens (including phenoxy) is 1. The molecule has 84 valence electrons.